The third-order valence-corrected chi connectivity index (χ3v) is 5.23. The summed E-state index contributed by atoms with van der Waals surface area (Å²) in [7, 11) is -2.95. The zero-order valence-corrected chi connectivity index (χ0v) is 13.5. The molecule has 4 nitrogen and oxygen atoms in total. The Morgan fingerprint density at radius 3 is 2.62 bits per heavy atom. The molecular weight excluding hydrogens is 286 g/mol. The van der Waals surface area contributed by atoms with E-state index in [-0.39, 0.29) is 11.5 Å². The van der Waals surface area contributed by atoms with Crippen LogP contribution in [0.3, 0.4) is 0 Å². The van der Waals surface area contributed by atoms with Crippen LogP contribution < -0.4 is 4.74 Å². The number of sulfone groups is 1. The van der Waals surface area contributed by atoms with Crippen molar-refractivity contribution in [2.75, 3.05) is 18.1 Å². The summed E-state index contributed by atoms with van der Waals surface area (Å²) >= 11 is 0. The Labute approximate surface area is 126 Å². The predicted octanol–water partition coefficient (Wildman–Crippen LogP) is 3.25. The fraction of sp³-hybridized carbons (Fsp3) is 0.500. The number of hydrogen-bond donors (Lipinski definition) is 0. The van der Waals surface area contributed by atoms with Crippen LogP contribution in [0.25, 0.3) is 10.9 Å². The first kappa shape index (κ1) is 15.9. The smallest absolute Gasteiger partial charge is 0.152 e. The molecule has 1 aromatic carbocycles. The summed E-state index contributed by atoms with van der Waals surface area (Å²) in [4.78, 5) is 0. The monoisotopic (exact) mass is 309 g/mol. The lowest BCUT2D eigenvalue weighted by atomic mass is 10.2. The van der Waals surface area contributed by atoms with E-state index in [4.69, 9.17) is 4.74 Å². The Kier molecular flexibility index (Phi) is 5.28. The molecule has 0 aliphatic rings. The molecule has 0 fully saturated rings. The van der Waals surface area contributed by atoms with Crippen LogP contribution in [0.5, 0.6) is 5.75 Å². The molecule has 0 atom stereocenters. The number of aryl methyl sites for hydroxylation is 1. The van der Waals surface area contributed by atoms with Crippen molar-refractivity contribution >= 4 is 20.7 Å². The Balaban J connectivity index is 2.18. The SMILES string of the molecule is CCCOc1cccc2c1ccn2CCS(=O)(=O)CCC. The van der Waals surface area contributed by atoms with Crippen LogP contribution in [0, 0.1) is 0 Å². The fourth-order valence-corrected chi connectivity index (χ4v) is 3.68. The van der Waals surface area contributed by atoms with Gasteiger partial charge in [-0.25, -0.2) is 8.42 Å². The van der Waals surface area contributed by atoms with E-state index in [0.29, 0.717) is 19.6 Å². The van der Waals surface area contributed by atoms with E-state index in [1.165, 1.54) is 0 Å². The van der Waals surface area contributed by atoms with Crippen LogP contribution in [-0.2, 0) is 16.4 Å². The van der Waals surface area contributed by atoms with E-state index < -0.39 is 9.84 Å². The van der Waals surface area contributed by atoms with Gasteiger partial charge in [0, 0.05) is 23.9 Å². The second-order valence-electron chi connectivity index (χ2n) is 5.20. The summed E-state index contributed by atoms with van der Waals surface area (Å²) in [6.07, 6.45) is 3.57. The quantitative estimate of drug-likeness (QED) is 0.752. The van der Waals surface area contributed by atoms with Gasteiger partial charge in [-0.2, -0.15) is 0 Å². The highest BCUT2D eigenvalue weighted by molar-refractivity contribution is 7.91. The topological polar surface area (TPSA) is 48.3 Å². The maximum atomic E-state index is 11.8. The molecule has 1 aromatic heterocycles. The van der Waals surface area contributed by atoms with Crippen molar-refractivity contribution in [3.63, 3.8) is 0 Å². The number of aromatic nitrogens is 1. The summed E-state index contributed by atoms with van der Waals surface area (Å²) < 4.78 is 31.4. The molecule has 0 amide bonds. The minimum Gasteiger partial charge on any atom is -0.493 e. The Morgan fingerprint density at radius 1 is 1.10 bits per heavy atom. The lowest BCUT2D eigenvalue weighted by Crippen LogP contribution is -2.15. The highest BCUT2D eigenvalue weighted by Gasteiger charge is 2.11. The maximum Gasteiger partial charge on any atom is 0.152 e. The Bertz CT molecular complexity index is 689. The number of rotatable bonds is 8. The average Bonchev–Trinajstić information content (AvgIpc) is 2.87. The lowest BCUT2D eigenvalue weighted by molar-refractivity contribution is 0.321. The molecule has 0 saturated carbocycles. The lowest BCUT2D eigenvalue weighted by Gasteiger charge is -2.08. The zero-order valence-electron chi connectivity index (χ0n) is 12.7. The summed E-state index contributed by atoms with van der Waals surface area (Å²) in [6, 6.07) is 7.90. The van der Waals surface area contributed by atoms with Gasteiger partial charge in [0.25, 0.3) is 0 Å². The number of ether oxygens (including phenoxy) is 1. The third kappa shape index (κ3) is 4.00. The molecule has 5 heteroatoms. The molecule has 0 aliphatic heterocycles. The Hall–Kier alpha value is -1.49. The first-order valence-electron chi connectivity index (χ1n) is 7.48. The maximum absolute atomic E-state index is 11.8. The van der Waals surface area contributed by atoms with E-state index in [0.717, 1.165) is 23.1 Å². The van der Waals surface area contributed by atoms with E-state index in [1.54, 1.807) is 0 Å². The van der Waals surface area contributed by atoms with E-state index >= 15 is 0 Å². The van der Waals surface area contributed by atoms with Crippen LogP contribution in [0.15, 0.2) is 30.5 Å². The van der Waals surface area contributed by atoms with Crippen LogP contribution in [-0.4, -0.2) is 31.1 Å². The predicted molar refractivity (Wildman–Crippen MR) is 86.7 cm³/mol. The van der Waals surface area contributed by atoms with Gasteiger partial charge in [-0.3, -0.25) is 0 Å². The van der Waals surface area contributed by atoms with Crippen molar-refractivity contribution in [2.45, 2.75) is 33.2 Å². The highest BCUT2D eigenvalue weighted by atomic mass is 32.2. The first-order chi connectivity index (χ1) is 10.1. The van der Waals surface area contributed by atoms with Crippen molar-refractivity contribution in [1.29, 1.82) is 0 Å². The van der Waals surface area contributed by atoms with E-state index in [1.807, 2.05) is 42.0 Å². The van der Waals surface area contributed by atoms with Crippen molar-refractivity contribution in [1.82, 2.24) is 4.57 Å². The number of fused-ring (bicyclic) bond motifs is 1. The molecule has 21 heavy (non-hydrogen) atoms. The van der Waals surface area contributed by atoms with E-state index in [9.17, 15) is 8.42 Å². The number of hydrogen-bond acceptors (Lipinski definition) is 3. The molecule has 0 unspecified atom stereocenters. The normalized spacial score (nSPS) is 11.9. The minimum absolute atomic E-state index is 0.185. The molecule has 2 rings (SSSR count). The second-order valence-corrected chi connectivity index (χ2v) is 7.50. The van der Waals surface area contributed by atoms with Gasteiger partial charge in [-0.1, -0.05) is 19.9 Å². The largest absolute Gasteiger partial charge is 0.493 e. The van der Waals surface area contributed by atoms with Crippen molar-refractivity contribution < 1.29 is 13.2 Å². The van der Waals surface area contributed by atoms with Gasteiger partial charge in [-0.15, -0.1) is 0 Å². The molecule has 2 aromatic rings. The molecule has 0 spiro atoms. The minimum atomic E-state index is -2.95. The van der Waals surface area contributed by atoms with Crippen LogP contribution in [0.4, 0.5) is 0 Å². The summed E-state index contributed by atoms with van der Waals surface area (Å²) in [6.45, 7) is 5.14. The van der Waals surface area contributed by atoms with Crippen molar-refractivity contribution in [3.05, 3.63) is 30.5 Å². The summed E-state index contributed by atoms with van der Waals surface area (Å²) in [5.74, 6) is 1.31. The average molecular weight is 309 g/mol. The fourth-order valence-electron chi connectivity index (χ4n) is 2.38. The molecule has 116 valence electrons. The molecule has 1 heterocycles. The molecule has 0 bridgehead atoms. The molecular formula is C16H23NO3S. The van der Waals surface area contributed by atoms with Crippen LogP contribution in [0.1, 0.15) is 26.7 Å². The second kappa shape index (κ2) is 6.98. The van der Waals surface area contributed by atoms with Gasteiger partial charge in [0.15, 0.2) is 9.84 Å². The van der Waals surface area contributed by atoms with Crippen LogP contribution >= 0.6 is 0 Å². The van der Waals surface area contributed by atoms with E-state index in [2.05, 4.69) is 6.92 Å². The Morgan fingerprint density at radius 2 is 1.90 bits per heavy atom. The van der Waals surface area contributed by atoms with Gasteiger partial charge in [0.1, 0.15) is 5.75 Å². The van der Waals surface area contributed by atoms with Crippen molar-refractivity contribution in [2.24, 2.45) is 0 Å². The summed E-state index contributed by atoms with van der Waals surface area (Å²) in [5.41, 5.74) is 1.02. The van der Waals surface area contributed by atoms with Gasteiger partial charge in [0.2, 0.25) is 0 Å². The molecule has 0 N–H and O–H groups in total. The molecule has 0 saturated heterocycles. The highest BCUT2D eigenvalue weighted by Crippen LogP contribution is 2.26. The number of nitrogens with zero attached hydrogens (tertiary/aromatic N) is 1. The van der Waals surface area contributed by atoms with Gasteiger partial charge in [-0.05, 0) is 31.0 Å². The zero-order chi connectivity index (χ0) is 15.3. The summed E-state index contributed by atoms with van der Waals surface area (Å²) in [5, 5.41) is 1.04. The number of benzene rings is 1. The first-order valence-corrected chi connectivity index (χ1v) is 9.30. The third-order valence-electron chi connectivity index (χ3n) is 3.39. The standard InChI is InChI=1S/C16H23NO3S/c1-3-11-20-16-7-5-6-15-14(16)8-9-17(15)10-13-21(18,19)12-4-2/h5-9H,3-4,10-13H2,1-2H3. The molecule has 0 radical (unpaired) electrons. The van der Waals surface area contributed by atoms with Gasteiger partial charge < -0.3 is 9.30 Å². The van der Waals surface area contributed by atoms with Gasteiger partial charge >= 0.3 is 0 Å². The van der Waals surface area contributed by atoms with Gasteiger partial charge in [0.05, 0.1) is 17.9 Å². The van der Waals surface area contributed by atoms with Crippen molar-refractivity contribution in [3.8, 4) is 5.75 Å². The molecule has 0 aliphatic carbocycles. The van der Waals surface area contributed by atoms with Crippen LogP contribution in [0.2, 0.25) is 0 Å².